The van der Waals surface area contributed by atoms with Crippen LogP contribution in [0.15, 0.2) is 54.9 Å². The maximum atomic E-state index is 12.4. The van der Waals surface area contributed by atoms with Crippen molar-refractivity contribution in [3.05, 3.63) is 70.5 Å². The Bertz CT molecular complexity index is 1090. The van der Waals surface area contributed by atoms with Crippen LogP contribution in [0.25, 0.3) is 0 Å². The van der Waals surface area contributed by atoms with Gasteiger partial charge in [0.2, 0.25) is 0 Å². The number of carbonyl (C=O) groups excluding carboxylic acids is 1. The predicted molar refractivity (Wildman–Crippen MR) is 125 cm³/mol. The number of rotatable bonds is 5. The summed E-state index contributed by atoms with van der Waals surface area (Å²) in [4.78, 5) is 25.2. The molecule has 4 N–H and O–H groups in total. The minimum absolute atomic E-state index is 0.322. The van der Waals surface area contributed by atoms with Crippen molar-refractivity contribution in [2.75, 3.05) is 47.1 Å². The number of nitrogens with two attached hydrogens (primary N) is 1. The van der Waals surface area contributed by atoms with Crippen molar-refractivity contribution < 1.29 is 4.79 Å². The molecule has 0 atom stereocenters. The highest BCUT2D eigenvalue weighted by Gasteiger charge is 2.22. The zero-order chi connectivity index (χ0) is 21.8. The minimum atomic E-state index is -0.389. The van der Waals surface area contributed by atoms with Crippen molar-refractivity contribution in [2.24, 2.45) is 0 Å². The SMILES string of the molecule is Nc1c(NNC(=O)c2ccccc2Cl)ncnc1N1CCN(c2cccc(Cl)c2)CC1. The first-order valence-corrected chi connectivity index (χ1v) is 10.5. The van der Waals surface area contributed by atoms with Crippen LogP contribution in [0.1, 0.15) is 10.4 Å². The summed E-state index contributed by atoms with van der Waals surface area (Å²) in [6, 6.07) is 14.6. The van der Waals surface area contributed by atoms with Crippen LogP contribution < -0.4 is 26.4 Å². The lowest BCUT2D eigenvalue weighted by Crippen LogP contribution is -2.47. The molecule has 31 heavy (non-hydrogen) atoms. The fourth-order valence-corrected chi connectivity index (χ4v) is 3.82. The van der Waals surface area contributed by atoms with Crippen molar-refractivity contribution in [2.45, 2.75) is 0 Å². The first-order chi connectivity index (χ1) is 15.0. The van der Waals surface area contributed by atoms with Crippen LogP contribution in [0.4, 0.5) is 23.0 Å². The van der Waals surface area contributed by atoms with E-state index in [1.807, 2.05) is 24.3 Å². The lowest BCUT2D eigenvalue weighted by Gasteiger charge is -2.37. The normalized spacial score (nSPS) is 13.7. The van der Waals surface area contributed by atoms with Gasteiger partial charge >= 0.3 is 0 Å². The Kier molecular flexibility index (Phi) is 6.29. The second-order valence-corrected chi connectivity index (χ2v) is 7.82. The van der Waals surface area contributed by atoms with Gasteiger partial charge in [0.25, 0.3) is 5.91 Å². The summed E-state index contributed by atoms with van der Waals surface area (Å²) < 4.78 is 0. The molecule has 0 aliphatic carbocycles. The van der Waals surface area contributed by atoms with E-state index >= 15 is 0 Å². The van der Waals surface area contributed by atoms with Crippen LogP contribution in [0, 0.1) is 0 Å². The largest absolute Gasteiger partial charge is 0.393 e. The standard InChI is InChI=1S/C21H21Cl2N7O/c22-14-4-3-5-15(12-14)29-8-10-30(11-9-29)20-18(24)19(25-13-26-20)27-28-21(31)16-6-1-2-7-17(16)23/h1-7,12-13H,8-11,24H2,(H,28,31)(H,25,26,27). The molecule has 0 saturated carbocycles. The van der Waals surface area contributed by atoms with E-state index < -0.39 is 0 Å². The third-order valence-corrected chi connectivity index (χ3v) is 5.59. The highest BCUT2D eigenvalue weighted by Crippen LogP contribution is 2.28. The molecule has 0 spiro atoms. The lowest BCUT2D eigenvalue weighted by molar-refractivity contribution is 0.0962. The molecule has 1 saturated heterocycles. The molecular weight excluding hydrogens is 437 g/mol. The number of hydrogen-bond donors (Lipinski definition) is 3. The summed E-state index contributed by atoms with van der Waals surface area (Å²) in [5.41, 5.74) is 13.4. The van der Waals surface area contributed by atoms with Crippen molar-refractivity contribution in [1.29, 1.82) is 0 Å². The third-order valence-electron chi connectivity index (χ3n) is 5.03. The summed E-state index contributed by atoms with van der Waals surface area (Å²) in [5.74, 6) is 0.554. The molecule has 8 nitrogen and oxygen atoms in total. The molecule has 160 valence electrons. The van der Waals surface area contributed by atoms with Gasteiger partial charge in [0, 0.05) is 36.9 Å². The van der Waals surface area contributed by atoms with Gasteiger partial charge in [0.15, 0.2) is 11.6 Å². The number of benzene rings is 2. The Morgan fingerprint density at radius 1 is 0.968 bits per heavy atom. The molecule has 0 unspecified atom stereocenters. The zero-order valence-electron chi connectivity index (χ0n) is 16.6. The van der Waals surface area contributed by atoms with E-state index in [2.05, 4.69) is 30.6 Å². The van der Waals surface area contributed by atoms with Crippen molar-refractivity contribution in [1.82, 2.24) is 15.4 Å². The van der Waals surface area contributed by atoms with Gasteiger partial charge in [-0.05, 0) is 30.3 Å². The van der Waals surface area contributed by atoms with Crippen LogP contribution in [0.3, 0.4) is 0 Å². The average Bonchev–Trinajstić information content (AvgIpc) is 2.79. The van der Waals surface area contributed by atoms with E-state index in [0.29, 0.717) is 27.9 Å². The molecule has 1 aliphatic rings. The summed E-state index contributed by atoms with van der Waals surface area (Å²) in [7, 11) is 0. The Morgan fingerprint density at radius 3 is 2.45 bits per heavy atom. The Hall–Kier alpha value is -3.23. The van der Waals surface area contributed by atoms with Gasteiger partial charge in [-0.25, -0.2) is 9.97 Å². The van der Waals surface area contributed by atoms with Crippen LogP contribution >= 0.6 is 23.2 Å². The first-order valence-electron chi connectivity index (χ1n) is 9.70. The lowest BCUT2D eigenvalue weighted by atomic mass is 10.2. The molecule has 3 aromatic rings. The number of anilines is 4. The summed E-state index contributed by atoms with van der Waals surface area (Å²) in [6.07, 6.45) is 1.42. The number of aromatic nitrogens is 2. The number of amides is 1. The van der Waals surface area contributed by atoms with E-state index in [9.17, 15) is 4.79 Å². The number of nitrogens with zero attached hydrogens (tertiary/aromatic N) is 4. The van der Waals surface area contributed by atoms with Crippen LogP contribution in [-0.2, 0) is 0 Å². The molecule has 1 fully saturated rings. The molecular formula is C21H21Cl2N7O. The molecule has 1 aliphatic heterocycles. The van der Waals surface area contributed by atoms with Gasteiger partial charge in [-0.2, -0.15) is 0 Å². The molecule has 10 heteroatoms. The molecule has 0 radical (unpaired) electrons. The van der Waals surface area contributed by atoms with Gasteiger partial charge in [-0.3, -0.25) is 15.6 Å². The van der Waals surface area contributed by atoms with Gasteiger partial charge in [0.05, 0.1) is 10.6 Å². The number of halogens is 2. The van der Waals surface area contributed by atoms with E-state index in [1.165, 1.54) is 6.33 Å². The number of hydrazine groups is 1. The quantitative estimate of drug-likeness (QED) is 0.504. The van der Waals surface area contributed by atoms with Gasteiger partial charge < -0.3 is 15.5 Å². The summed E-state index contributed by atoms with van der Waals surface area (Å²) in [5, 5.41) is 1.07. The molecule has 2 heterocycles. The van der Waals surface area contributed by atoms with Gasteiger partial charge in [-0.15, -0.1) is 0 Å². The topological polar surface area (TPSA) is 99.4 Å². The second kappa shape index (κ2) is 9.28. The van der Waals surface area contributed by atoms with E-state index in [1.54, 1.807) is 24.3 Å². The first kappa shape index (κ1) is 21.0. The third kappa shape index (κ3) is 4.76. The molecule has 4 rings (SSSR count). The smallest absolute Gasteiger partial charge is 0.271 e. The minimum Gasteiger partial charge on any atom is -0.393 e. The van der Waals surface area contributed by atoms with Crippen LogP contribution in [0.5, 0.6) is 0 Å². The number of piperazine rings is 1. The number of nitrogen functional groups attached to an aromatic ring is 1. The Balaban J connectivity index is 1.41. The number of carbonyl (C=O) groups is 1. The maximum Gasteiger partial charge on any atom is 0.271 e. The van der Waals surface area contributed by atoms with E-state index in [4.69, 9.17) is 28.9 Å². The maximum absolute atomic E-state index is 12.4. The number of hydrogen-bond acceptors (Lipinski definition) is 7. The zero-order valence-corrected chi connectivity index (χ0v) is 18.1. The monoisotopic (exact) mass is 457 g/mol. The molecule has 2 aromatic carbocycles. The number of nitrogens with one attached hydrogen (secondary N) is 2. The van der Waals surface area contributed by atoms with Gasteiger partial charge in [0.1, 0.15) is 12.0 Å². The van der Waals surface area contributed by atoms with Gasteiger partial charge in [-0.1, -0.05) is 41.4 Å². The second-order valence-electron chi connectivity index (χ2n) is 6.97. The van der Waals surface area contributed by atoms with Crippen molar-refractivity contribution in [3.63, 3.8) is 0 Å². The highest BCUT2D eigenvalue weighted by atomic mass is 35.5. The molecule has 1 aromatic heterocycles. The van der Waals surface area contributed by atoms with Crippen molar-refractivity contribution in [3.8, 4) is 0 Å². The van der Waals surface area contributed by atoms with Crippen LogP contribution in [0.2, 0.25) is 10.0 Å². The van der Waals surface area contributed by atoms with E-state index in [-0.39, 0.29) is 5.91 Å². The molecule has 1 amide bonds. The highest BCUT2D eigenvalue weighted by molar-refractivity contribution is 6.33. The summed E-state index contributed by atoms with van der Waals surface area (Å²) in [6.45, 7) is 3.07. The Morgan fingerprint density at radius 2 is 1.71 bits per heavy atom. The van der Waals surface area contributed by atoms with Crippen LogP contribution in [-0.4, -0.2) is 42.1 Å². The fourth-order valence-electron chi connectivity index (χ4n) is 3.42. The average molecular weight is 458 g/mol. The fraction of sp³-hybridized carbons (Fsp3) is 0.190. The predicted octanol–water partition coefficient (Wildman–Crippen LogP) is 3.45. The Labute approximate surface area is 190 Å². The van der Waals surface area contributed by atoms with E-state index in [0.717, 1.165) is 36.9 Å². The molecule has 0 bridgehead atoms. The summed E-state index contributed by atoms with van der Waals surface area (Å²) >= 11 is 12.2. The van der Waals surface area contributed by atoms with Crippen molar-refractivity contribution >= 4 is 52.1 Å².